The number of halogens is 1. The average Bonchev–Trinajstić information content (AvgIpc) is 2.93. The Morgan fingerprint density at radius 2 is 1.85 bits per heavy atom. The van der Waals surface area contributed by atoms with Crippen LogP contribution in [-0.4, -0.2) is 24.0 Å². The van der Waals surface area contributed by atoms with Crippen LogP contribution in [0.25, 0.3) is 0 Å². The molecule has 1 aromatic carbocycles. The summed E-state index contributed by atoms with van der Waals surface area (Å²) in [6.45, 7) is 8.53. The summed E-state index contributed by atoms with van der Waals surface area (Å²) in [4.78, 5) is 2.45. The van der Waals surface area contributed by atoms with Crippen LogP contribution < -0.4 is 5.73 Å². The van der Waals surface area contributed by atoms with Gasteiger partial charge in [-0.3, -0.25) is 4.90 Å². The van der Waals surface area contributed by atoms with Crippen molar-refractivity contribution in [3.63, 3.8) is 0 Å². The third-order valence-corrected chi connectivity index (χ3v) is 4.82. The Kier molecular flexibility index (Phi) is 4.82. The fourth-order valence-corrected chi connectivity index (χ4v) is 3.64. The molecule has 1 aromatic rings. The highest BCUT2D eigenvalue weighted by Gasteiger charge is 2.43. The molecule has 1 heterocycles. The van der Waals surface area contributed by atoms with Gasteiger partial charge in [-0.15, -0.1) is 0 Å². The number of benzene rings is 1. The molecule has 2 atom stereocenters. The monoisotopic (exact) mass is 278 g/mol. The first-order chi connectivity index (χ1) is 9.51. The van der Waals surface area contributed by atoms with Gasteiger partial charge in [0.25, 0.3) is 0 Å². The Balaban J connectivity index is 2.44. The zero-order valence-corrected chi connectivity index (χ0v) is 12.9. The molecule has 0 saturated carbocycles. The second-order valence-electron chi connectivity index (χ2n) is 6.23. The minimum atomic E-state index is -0.634. The molecule has 2 N–H and O–H groups in total. The van der Waals surface area contributed by atoms with E-state index >= 15 is 0 Å². The Bertz CT molecular complexity index is 440. The van der Waals surface area contributed by atoms with Gasteiger partial charge in [-0.1, -0.05) is 39.0 Å². The average molecular weight is 278 g/mol. The molecule has 2 unspecified atom stereocenters. The lowest BCUT2D eigenvalue weighted by Crippen LogP contribution is -2.58. The lowest BCUT2D eigenvalue weighted by Gasteiger charge is -2.45. The molecule has 3 heteroatoms. The molecular weight excluding hydrogens is 251 g/mol. The molecule has 0 aliphatic carbocycles. The fourth-order valence-electron chi connectivity index (χ4n) is 3.64. The first-order valence-corrected chi connectivity index (χ1v) is 7.79. The molecule has 0 radical (unpaired) electrons. The molecule has 0 amide bonds. The van der Waals surface area contributed by atoms with Crippen LogP contribution >= 0.6 is 0 Å². The SMILES string of the molecule is CCC(N1CCCC1)C(N)(c1ccccc1F)C(C)C. The van der Waals surface area contributed by atoms with Gasteiger partial charge in [0.1, 0.15) is 5.82 Å². The van der Waals surface area contributed by atoms with Gasteiger partial charge >= 0.3 is 0 Å². The van der Waals surface area contributed by atoms with Crippen molar-refractivity contribution in [1.29, 1.82) is 0 Å². The maximum absolute atomic E-state index is 14.3. The first kappa shape index (κ1) is 15.5. The number of nitrogens with zero attached hydrogens (tertiary/aromatic N) is 1. The van der Waals surface area contributed by atoms with Gasteiger partial charge in [-0.2, -0.15) is 0 Å². The zero-order chi connectivity index (χ0) is 14.8. The van der Waals surface area contributed by atoms with Crippen molar-refractivity contribution in [3.05, 3.63) is 35.6 Å². The van der Waals surface area contributed by atoms with Crippen molar-refractivity contribution >= 4 is 0 Å². The van der Waals surface area contributed by atoms with E-state index in [4.69, 9.17) is 5.73 Å². The number of nitrogens with two attached hydrogens (primary N) is 1. The van der Waals surface area contributed by atoms with E-state index < -0.39 is 5.54 Å². The Labute approximate surface area is 122 Å². The highest BCUT2D eigenvalue weighted by atomic mass is 19.1. The molecule has 1 aliphatic rings. The maximum atomic E-state index is 14.3. The molecule has 112 valence electrons. The van der Waals surface area contributed by atoms with Crippen LogP contribution in [-0.2, 0) is 5.54 Å². The summed E-state index contributed by atoms with van der Waals surface area (Å²) in [6, 6.07) is 7.20. The molecule has 20 heavy (non-hydrogen) atoms. The number of hydrogen-bond acceptors (Lipinski definition) is 2. The van der Waals surface area contributed by atoms with E-state index in [1.165, 1.54) is 18.9 Å². The minimum absolute atomic E-state index is 0.179. The van der Waals surface area contributed by atoms with Gasteiger partial charge in [0, 0.05) is 11.6 Å². The van der Waals surface area contributed by atoms with Crippen molar-refractivity contribution in [2.45, 2.75) is 51.6 Å². The Morgan fingerprint density at radius 1 is 1.25 bits per heavy atom. The predicted octanol–water partition coefficient (Wildman–Crippen LogP) is 3.51. The van der Waals surface area contributed by atoms with E-state index in [1.54, 1.807) is 6.07 Å². The van der Waals surface area contributed by atoms with Gasteiger partial charge < -0.3 is 5.73 Å². The highest BCUT2D eigenvalue weighted by molar-refractivity contribution is 5.29. The van der Waals surface area contributed by atoms with Crippen LogP contribution in [0.15, 0.2) is 24.3 Å². The van der Waals surface area contributed by atoms with Crippen LogP contribution in [0.4, 0.5) is 4.39 Å². The summed E-state index contributed by atoms with van der Waals surface area (Å²) >= 11 is 0. The number of rotatable bonds is 5. The molecule has 1 saturated heterocycles. The third kappa shape index (κ3) is 2.61. The summed E-state index contributed by atoms with van der Waals surface area (Å²) in [5.41, 5.74) is 6.84. The Morgan fingerprint density at radius 3 is 2.35 bits per heavy atom. The summed E-state index contributed by atoms with van der Waals surface area (Å²) in [5, 5.41) is 0. The van der Waals surface area contributed by atoms with Gasteiger partial charge in [0.15, 0.2) is 0 Å². The van der Waals surface area contributed by atoms with Crippen molar-refractivity contribution in [3.8, 4) is 0 Å². The highest BCUT2D eigenvalue weighted by Crippen LogP contribution is 2.37. The van der Waals surface area contributed by atoms with E-state index in [0.29, 0.717) is 5.56 Å². The third-order valence-electron chi connectivity index (χ3n) is 4.82. The van der Waals surface area contributed by atoms with E-state index in [-0.39, 0.29) is 17.8 Å². The van der Waals surface area contributed by atoms with Gasteiger partial charge in [-0.25, -0.2) is 4.39 Å². The fraction of sp³-hybridized carbons (Fsp3) is 0.647. The van der Waals surface area contributed by atoms with Crippen molar-refractivity contribution in [1.82, 2.24) is 4.90 Å². The summed E-state index contributed by atoms with van der Waals surface area (Å²) in [5.74, 6) is 0.00583. The first-order valence-electron chi connectivity index (χ1n) is 7.79. The van der Waals surface area contributed by atoms with Crippen LogP contribution in [0.5, 0.6) is 0 Å². The van der Waals surface area contributed by atoms with Crippen molar-refractivity contribution in [2.24, 2.45) is 11.7 Å². The minimum Gasteiger partial charge on any atom is -0.320 e. The second-order valence-corrected chi connectivity index (χ2v) is 6.23. The van der Waals surface area contributed by atoms with Crippen molar-refractivity contribution < 1.29 is 4.39 Å². The lowest BCUT2D eigenvalue weighted by molar-refractivity contribution is 0.102. The molecule has 0 aromatic heterocycles. The summed E-state index contributed by atoms with van der Waals surface area (Å²) in [7, 11) is 0. The predicted molar refractivity (Wildman–Crippen MR) is 82.0 cm³/mol. The standard InChI is InChI=1S/C17H27FN2/c1-4-16(20-11-7-8-12-20)17(19,13(2)3)14-9-5-6-10-15(14)18/h5-6,9-10,13,16H,4,7-8,11-12,19H2,1-3H3. The van der Waals surface area contributed by atoms with Gasteiger partial charge in [-0.05, 0) is 44.3 Å². The summed E-state index contributed by atoms with van der Waals surface area (Å²) in [6.07, 6.45) is 3.40. The lowest BCUT2D eigenvalue weighted by atomic mass is 9.73. The largest absolute Gasteiger partial charge is 0.320 e. The molecule has 2 nitrogen and oxygen atoms in total. The normalized spacial score (nSPS) is 21.1. The van der Waals surface area contributed by atoms with Crippen LogP contribution in [0, 0.1) is 11.7 Å². The zero-order valence-electron chi connectivity index (χ0n) is 12.9. The van der Waals surface area contributed by atoms with E-state index in [9.17, 15) is 4.39 Å². The van der Waals surface area contributed by atoms with E-state index in [0.717, 1.165) is 19.5 Å². The number of likely N-dealkylation sites (tertiary alicyclic amines) is 1. The topological polar surface area (TPSA) is 29.3 Å². The molecule has 0 bridgehead atoms. The maximum Gasteiger partial charge on any atom is 0.128 e. The summed E-state index contributed by atoms with van der Waals surface area (Å²) < 4.78 is 14.3. The molecule has 0 spiro atoms. The molecule has 2 rings (SSSR count). The van der Waals surface area contributed by atoms with Crippen LogP contribution in [0.3, 0.4) is 0 Å². The van der Waals surface area contributed by atoms with E-state index in [2.05, 4.69) is 25.7 Å². The van der Waals surface area contributed by atoms with Crippen LogP contribution in [0.1, 0.15) is 45.6 Å². The van der Waals surface area contributed by atoms with E-state index in [1.807, 2.05) is 12.1 Å². The van der Waals surface area contributed by atoms with Crippen LogP contribution in [0.2, 0.25) is 0 Å². The second kappa shape index (κ2) is 6.23. The smallest absolute Gasteiger partial charge is 0.128 e. The molecule has 1 fully saturated rings. The molecule has 1 aliphatic heterocycles. The van der Waals surface area contributed by atoms with Crippen molar-refractivity contribution in [2.75, 3.05) is 13.1 Å². The van der Waals surface area contributed by atoms with Gasteiger partial charge in [0.2, 0.25) is 0 Å². The van der Waals surface area contributed by atoms with Gasteiger partial charge in [0.05, 0.1) is 5.54 Å². The Hall–Kier alpha value is -0.930. The number of hydrogen-bond donors (Lipinski definition) is 1. The quantitative estimate of drug-likeness (QED) is 0.893. The molecular formula is C17H27FN2.